The van der Waals surface area contributed by atoms with Gasteiger partial charge < -0.3 is 4.74 Å². The SMILES string of the molecule is [2H]c1c([2H])c([2H])c([Si](c2ccc3c(c2)Oc2cc(-c4ccccc4)ccc2C32c3ccccc3-c3ccccc32)(c2c([2H])c([2H])c([2H])c([2H])c2[2H])c2c([2H])c([2H])c([2H])c(-c3nc(-n4c5c([2H])c([2H])c([2H])c([2H])c5c5c([2H])c([2H])c([2H])c([2H])c54)nc(-n4c5c([2H])c([2H])c([2H])c([2H])c5c5c([2H])c([2H])c([2H])c([2H])c54)n3)c2[2H])c([2H])c1[2H]. The third-order valence-electron chi connectivity index (χ3n) is 15.5. The zero-order chi connectivity index (χ0) is 80.7. The Bertz CT molecular complexity index is 6440. The van der Waals surface area contributed by atoms with Crippen molar-refractivity contribution < 1.29 is 45.9 Å². The van der Waals surface area contributed by atoms with Gasteiger partial charge in [0.2, 0.25) is 11.9 Å². The zero-order valence-corrected chi connectivity index (χ0v) is 43.6. The molecule has 7 heteroatoms. The van der Waals surface area contributed by atoms with Crippen LogP contribution in [-0.2, 0) is 5.41 Å². The molecule has 2 aliphatic rings. The highest BCUT2D eigenvalue weighted by molar-refractivity contribution is 7.20. The smallest absolute Gasteiger partial charge is 0.240 e. The van der Waals surface area contributed by atoms with Gasteiger partial charge in [-0.2, -0.15) is 15.0 Å². The Balaban J connectivity index is 1.09. The van der Waals surface area contributed by atoms with Crippen LogP contribution in [0.15, 0.2) is 297 Å². The van der Waals surface area contributed by atoms with Crippen LogP contribution in [0.4, 0.5) is 0 Å². The van der Waals surface area contributed by atoms with Crippen molar-refractivity contribution in [3.8, 4) is 57.0 Å². The molecule has 12 aromatic carbocycles. The molecule has 1 aliphatic carbocycles. The number of para-hydroxylation sites is 4. The van der Waals surface area contributed by atoms with Crippen molar-refractivity contribution in [1.82, 2.24) is 24.1 Å². The highest BCUT2D eigenvalue weighted by atomic mass is 28.3. The van der Waals surface area contributed by atoms with Crippen molar-refractivity contribution in [3.63, 3.8) is 0 Å². The minimum atomic E-state index is -6.22. The fraction of sp³-hybridized carbons (Fsp3) is 0.0132. The van der Waals surface area contributed by atoms with Gasteiger partial charge in [0.25, 0.3) is 0 Å². The van der Waals surface area contributed by atoms with Crippen LogP contribution in [0.2, 0.25) is 0 Å². The molecule has 0 fully saturated rings. The van der Waals surface area contributed by atoms with Crippen LogP contribution < -0.4 is 25.5 Å². The fourth-order valence-corrected chi connectivity index (χ4v) is 16.0. The van der Waals surface area contributed by atoms with E-state index in [0.717, 1.165) is 37.0 Å². The summed E-state index contributed by atoms with van der Waals surface area (Å²) in [5.41, 5.74) is 0.503. The van der Waals surface area contributed by atoms with Gasteiger partial charge in [0.05, 0.1) is 68.6 Å². The Kier molecular flexibility index (Phi) is 5.82. The predicted octanol–water partition coefficient (Wildman–Crippen LogP) is 15.2. The number of hydrogen-bond acceptors (Lipinski definition) is 4. The molecule has 0 atom stereocenters. The average Bonchev–Trinajstić information content (AvgIpc) is 1.45. The molecule has 83 heavy (non-hydrogen) atoms. The molecule has 0 radical (unpaired) electrons. The molecule has 0 N–H and O–H groups in total. The summed E-state index contributed by atoms with van der Waals surface area (Å²) in [6.07, 6.45) is 0. The average molecular weight is 1110 g/mol. The lowest BCUT2D eigenvalue weighted by molar-refractivity contribution is 0.437. The van der Waals surface area contributed by atoms with Crippen LogP contribution in [0, 0.1) is 0 Å². The van der Waals surface area contributed by atoms with E-state index in [-0.39, 0.29) is 16.7 Å². The Labute approximate surface area is 522 Å². The van der Waals surface area contributed by atoms with Gasteiger partial charge in [-0.15, -0.1) is 0 Å². The third kappa shape index (κ3) is 6.86. The molecule has 3 aromatic heterocycles. The lowest BCUT2D eigenvalue weighted by atomic mass is 9.66. The number of fused-ring (bicyclic) bond motifs is 15. The Morgan fingerprint density at radius 2 is 0.807 bits per heavy atom. The van der Waals surface area contributed by atoms with Gasteiger partial charge in [-0.1, -0.05) is 260 Å². The second kappa shape index (κ2) is 18.4. The van der Waals surface area contributed by atoms with Gasteiger partial charge in [0, 0.05) is 38.2 Å². The molecule has 0 saturated carbocycles. The fourth-order valence-electron chi connectivity index (χ4n) is 12.2. The van der Waals surface area contributed by atoms with E-state index in [2.05, 4.69) is 0 Å². The Morgan fingerprint density at radius 3 is 1.35 bits per heavy atom. The Morgan fingerprint density at radius 1 is 0.349 bits per heavy atom. The summed E-state index contributed by atoms with van der Waals surface area (Å²) < 4.78 is 295. The molecule has 6 nitrogen and oxygen atoms in total. The highest BCUT2D eigenvalue weighted by Gasteiger charge is 2.52. The maximum absolute atomic E-state index is 11.2. The predicted molar refractivity (Wildman–Crippen MR) is 340 cm³/mol. The summed E-state index contributed by atoms with van der Waals surface area (Å²) in [7, 11) is -6.22. The number of ether oxygens (including phenoxy) is 1. The molecule has 0 bridgehead atoms. The van der Waals surface area contributed by atoms with E-state index in [1.165, 1.54) is 12.1 Å². The van der Waals surface area contributed by atoms with Crippen LogP contribution in [0.25, 0.3) is 89.2 Å². The van der Waals surface area contributed by atoms with Crippen molar-refractivity contribution in [3.05, 3.63) is 319 Å². The quantitative estimate of drug-likeness (QED) is 0.112. The number of aromatic nitrogens is 5. The second-order valence-corrected chi connectivity index (χ2v) is 23.1. The lowest BCUT2D eigenvalue weighted by Gasteiger charge is -2.41. The van der Waals surface area contributed by atoms with Gasteiger partial charge >= 0.3 is 0 Å². The topological polar surface area (TPSA) is 57.8 Å². The molecule has 17 rings (SSSR count). The van der Waals surface area contributed by atoms with Crippen LogP contribution in [0.1, 0.15) is 63.4 Å². The van der Waals surface area contributed by atoms with Crippen molar-refractivity contribution in [2.45, 2.75) is 5.41 Å². The van der Waals surface area contributed by atoms with Gasteiger partial charge in [0.1, 0.15) is 11.5 Å². The maximum Gasteiger partial charge on any atom is 0.240 e. The van der Waals surface area contributed by atoms with Crippen molar-refractivity contribution >= 4 is 72.4 Å². The van der Waals surface area contributed by atoms with E-state index >= 15 is 0 Å². The zero-order valence-electron chi connectivity index (χ0n) is 72.6. The van der Waals surface area contributed by atoms with E-state index in [4.69, 9.17) is 33.4 Å². The standard InChI is InChI=1S/C76H49N5OSi/c1-4-23-50(24-5-1)51-43-45-65-71(48-51)82-72-49-56(44-46-66(72)76(65)63-37-16-10-31-57(63)58-32-11-17-38-64(58)76)83(53-26-6-2-7-27-53,54-28-8-3-9-29-54)55-30-22-25-52(47-55)73-77-74(80-67-39-18-12-33-59(67)60-34-13-19-40-68(60)80)79-75(78-73)81-69-41-20-14-35-61(69)62-36-15-21-42-70(62)81/h1-49H/i2D,3D,6D,7D,8D,9D,12D,13D,14D,15D,18D,19D,20D,21D,22D,25D,26D,27D,28D,29D,30D,33D,34D,35D,36D,39D,40D,41D,42D,47D. The van der Waals surface area contributed by atoms with Crippen molar-refractivity contribution in [2.75, 3.05) is 0 Å². The van der Waals surface area contributed by atoms with Crippen LogP contribution in [0.3, 0.4) is 0 Å². The number of hydrogen-bond donors (Lipinski definition) is 0. The van der Waals surface area contributed by atoms with Gasteiger partial charge in [0.15, 0.2) is 13.9 Å². The van der Waals surface area contributed by atoms with Crippen LogP contribution >= 0.6 is 0 Å². The normalized spacial score (nSPS) is 18.1. The van der Waals surface area contributed by atoms with Gasteiger partial charge in [-0.05, 0) is 90.4 Å². The molecule has 0 saturated heterocycles. The first-order valence-corrected chi connectivity index (χ1v) is 27.9. The summed E-state index contributed by atoms with van der Waals surface area (Å²) in [5, 5.41) is -5.29. The number of nitrogens with zero attached hydrogens (tertiary/aromatic N) is 5. The molecular weight excluding hydrogens is 1030 g/mol. The molecule has 0 unspecified atom stereocenters. The summed E-state index contributed by atoms with van der Waals surface area (Å²) >= 11 is 0. The molecular formula is C76H49N5OSi. The monoisotopic (exact) mass is 1110 g/mol. The minimum absolute atomic E-state index is 0.0548. The molecule has 4 heterocycles. The first kappa shape index (κ1) is 26.2. The summed E-state index contributed by atoms with van der Waals surface area (Å²) in [5.74, 6) is -2.91. The summed E-state index contributed by atoms with van der Waals surface area (Å²) in [6, 6.07) is 4.47. The van der Waals surface area contributed by atoms with E-state index in [1.807, 2.05) is 91.0 Å². The second-order valence-electron chi connectivity index (χ2n) is 19.6. The maximum atomic E-state index is 11.2. The number of benzene rings is 12. The van der Waals surface area contributed by atoms with E-state index in [0.29, 0.717) is 16.7 Å². The van der Waals surface area contributed by atoms with Crippen LogP contribution in [0.5, 0.6) is 11.5 Å². The molecule has 1 aliphatic heterocycles. The summed E-state index contributed by atoms with van der Waals surface area (Å²) in [4.78, 5) is 14.3. The first-order valence-electron chi connectivity index (χ1n) is 40.9. The summed E-state index contributed by atoms with van der Waals surface area (Å²) in [6.45, 7) is 0. The molecule has 0 amide bonds. The Hall–Kier alpha value is -10.7. The lowest BCUT2D eigenvalue weighted by Crippen LogP contribution is -2.74. The molecule has 1 spiro atoms. The minimum Gasteiger partial charge on any atom is -0.457 e. The van der Waals surface area contributed by atoms with Crippen molar-refractivity contribution in [1.29, 1.82) is 0 Å². The molecule has 15 aromatic rings. The third-order valence-corrected chi connectivity index (χ3v) is 19.7. The first-order chi connectivity index (χ1) is 53.6. The highest BCUT2D eigenvalue weighted by Crippen LogP contribution is 2.62. The largest absolute Gasteiger partial charge is 0.457 e. The van der Waals surface area contributed by atoms with E-state index in [1.54, 1.807) is 12.1 Å². The van der Waals surface area contributed by atoms with Gasteiger partial charge in [-0.3, -0.25) is 9.13 Å². The van der Waals surface area contributed by atoms with E-state index in [9.17, 15) is 27.4 Å². The van der Waals surface area contributed by atoms with Crippen molar-refractivity contribution in [2.24, 2.45) is 0 Å². The number of rotatable bonds is 8. The van der Waals surface area contributed by atoms with Gasteiger partial charge in [-0.25, -0.2) is 0 Å². The molecule has 388 valence electrons. The van der Waals surface area contributed by atoms with Crippen LogP contribution in [-0.4, -0.2) is 32.2 Å². The van der Waals surface area contributed by atoms with E-state index < -0.39 is 277 Å².